The van der Waals surface area contributed by atoms with Crippen LogP contribution in [0.4, 0.5) is 0 Å². The molecular weight excluding hydrogens is 808 g/mol. The summed E-state index contributed by atoms with van der Waals surface area (Å²) in [6.45, 7) is 7.50. The summed E-state index contributed by atoms with van der Waals surface area (Å²) in [5, 5.41) is 26.4. The van der Waals surface area contributed by atoms with Gasteiger partial charge >= 0.3 is 41.8 Å². The van der Waals surface area contributed by atoms with Crippen molar-refractivity contribution in [1.29, 1.82) is 0 Å². The first-order valence-electron chi connectivity index (χ1n) is 19.4. The number of hydrogen-bond donors (Lipinski definition) is 2. The van der Waals surface area contributed by atoms with E-state index < -0.39 is 137 Å². The standard InChI is InChI=1S/C41H48N2O18/c1-18-19(2)35(50)60-33-30(59-36(51)24-12-13-26(48)43(9)15-24)34(58-23(6)47)40(17-54-20(3)44)31(49)29(56-21(4)45)27-32(57-22(5)46)41(40,39(33,8)53)61-38(27,7)16-55-37(52)25-11-10-14-42-28(18)25/h10-15,18-19,27,29-34,49,53H,16-17H2,1-9H3/t18-,19+,27-,29-,30+,31+,32-,33-,34+,38+,39+,40-,41+/m0/s1. The van der Waals surface area contributed by atoms with Crippen molar-refractivity contribution in [2.45, 2.75) is 115 Å². The highest BCUT2D eigenvalue weighted by Gasteiger charge is 2.91. The minimum absolute atomic E-state index is 0.0575. The second-order valence-electron chi connectivity index (χ2n) is 16.4. The zero-order chi connectivity index (χ0) is 45.1. The highest BCUT2D eigenvalue weighted by Crippen LogP contribution is 2.69. The van der Waals surface area contributed by atoms with Crippen LogP contribution in [0.15, 0.2) is 41.5 Å². The molecule has 2 N–H and O–H groups in total. The average Bonchev–Trinajstić information content (AvgIpc) is 3.40. The number of aliphatic hydroxyl groups is 2. The first kappa shape index (κ1) is 44.8. The van der Waals surface area contributed by atoms with Crippen LogP contribution in [0.1, 0.15) is 87.7 Å². The van der Waals surface area contributed by atoms with Crippen molar-refractivity contribution < 1.29 is 81.7 Å². The van der Waals surface area contributed by atoms with Gasteiger partial charge in [-0.3, -0.25) is 33.8 Å². The van der Waals surface area contributed by atoms with Gasteiger partial charge in [-0.25, -0.2) is 9.59 Å². The van der Waals surface area contributed by atoms with Crippen LogP contribution in [-0.2, 0) is 68.9 Å². The summed E-state index contributed by atoms with van der Waals surface area (Å²) in [5.41, 5.74) is -11.1. The number of hydrogen-bond acceptors (Lipinski definition) is 19. The van der Waals surface area contributed by atoms with Crippen LogP contribution < -0.4 is 5.56 Å². The molecule has 0 aromatic carbocycles. The summed E-state index contributed by atoms with van der Waals surface area (Å²) in [4.78, 5) is 112. The number of carbonyl (C=O) groups excluding carboxylic acids is 7. The Morgan fingerprint density at radius 3 is 2.11 bits per heavy atom. The van der Waals surface area contributed by atoms with Gasteiger partial charge in [0, 0.05) is 59.1 Å². The third kappa shape index (κ3) is 7.12. The van der Waals surface area contributed by atoms with Crippen molar-refractivity contribution >= 4 is 41.8 Å². The van der Waals surface area contributed by atoms with Crippen LogP contribution in [0.5, 0.6) is 0 Å². The maximum Gasteiger partial charge on any atom is 0.340 e. The fraction of sp³-hybridized carbons (Fsp3) is 0.585. The Hall–Kier alpha value is -5.73. The molecule has 20 heteroatoms. The van der Waals surface area contributed by atoms with Gasteiger partial charge in [0.2, 0.25) is 5.56 Å². The molecule has 0 amide bonds. The van der Waals surface area contributed by atoms with E-state index in [1.165, 1.54) is 39.2 Å². The first-order valence-corrected chi connectivity index (χ1v) is 19.4. The Morgan fingerprint density at radius 1 is 0.869 bits per heavy atom. The fourth-order valence-electron chi connectivity index (χ4n) is 9.64. The van der Waals surface area contributed by atoms with E-state index in [1.54, 1.807) is 6.92 Å². The number of carbonyl (C=O) groups is 7. The number of cyclic esters (lactones) is 1. The molecule has 0 unspecified atom stereocenters. The van der Waals surface area contributed by atoms with Gasteiger partial charge in [0.15, 0.2) is 23.9 Å². The molecule has 4 bridgehead atoms. The Bertz CT molecular complexity index is 2220. The molecule has 330 valence electrons. The highest BCUT2D eigenvalue weighted by atomic mass is 16.7. The Balaban J connectivity index is 1.75. The molecule has 3 fully saturated rings. The molecule has 61 heavy (non-hydrogen) atoms. The summed E-state index contributed by atoms with van der Waals surface area (Å²) in [6, 6.07) is 5.06. The van der Waals surface area contributed by atoms with Gasteiger partial charge in [0.1, 0.15) is 48.1 Å². The Kier molecular flexibility index (Phi) is 11.7. The lowest BCUT2D eigenvalue weighted by atomic mass is 9.45. The van der Waals surface area contributed by atoms with Crippen LogP contribution in [0, 0.1) is 17.3 Å². The molecular formula is C41H48N2O18. The monoisotopic (exact) mass is 856 g/mol. The van der Waals surface area contributed by atoms with Crippen LogP contribution in [-0.4, -0.2) is 128 Å². The smallest absolute Gasteiger partial charge is 0.340 e. The molecule has 1 saturated heterocycles. The number of pyridine rings is 2. The summed E-state index contributed by atoms with van der Waals surface area (Å²) < 4.78 is 49.5. The molecule has 2 aromatic heterocycles. The SMILES string of the molecule is CC(=O)OC[C@@]12[C@H](O)[C@@H](OC(C)=O)[C@H]3[C@H](OC(C)=O)[C@]14O[C@]3(C)COC(=O)c1cccnc1[C@@H](C)[C@@H](C)C(=O)O[C@@H]([C@@H](OC(=O)c1ccc(=O)n(C)c1)[C@H]2OC(C)=O)[C@@]4(C)O. The zero-order valence-electron chi connectivity index (χ0n) is 34.9. The molecule has 4 aliphatic rings. The average molecular weight is 857 g/mol. The van der Waals surface area contributed by atoms with Crippen molar-refractivity contribution in [3.8, 4) is 0 Å². The lowest BCUT2D eigenvalue weighted by molar-refractivity contribution is -0.386. The number of rotatable bonds is 7. The van der Waals surface area contributed by atoms with Gasteiger partial charge in [-0.15, -0.1) is 0 Å². The van der Waals surface area contributed by atoms with Gasteiger partial charge in [-0.05, 0) is 32.0 Å². The van der Waals surface area contributed by atoms with Gasteiger partial charge in [0.25, 0.3) is 0 Å². The van der Waals surface area contributed by atoms with E-state index in [0.717, 1.165) is 57.5 Å². The van der Waals surface area contributed by atoms with E-state index >= 15 is 0 Å². The summed E-state index contributed by atoms with van der Waals surface area (Å²) >= 11 is 0. The van der Waals surface area contributed by atoms with E-state index in [1.807, 2.05) is 0 Å². The number of nitrogens with zero attached hydrogens (tertiary/aromatic N) is 2. The first-order chi connectivity index (χ1) is 28.4. The van der Waals surface area contributed by atoms with Crippen LogP contribution >= 0.6 is 0 Å². The zero-order valence-corrected chi connectivity index (χ0v) is 34.9. The van der Waals surface area contributed by atoms with Crippen molar-refractivity contribution in [2.24, 2.45) is 24.3 Å². The maximum atomic E-state index is 14.5. The molecule has 2 aliphatic carbocycles. The number of aliphatic hydroxyl groups excluding tert-OH is 1. The van der Waals surface area contributed by atoms with Gasteiger partial charge < -0.3 is 52.7 Å². The number of aromatic nitrogens is 2. The summed E-state index contributed by atoms with van der Waals surface area (Å²) in [5.74, 6) is -11.0. The predicted octanol–water partition coefficient (Wildman–Crippen LogP) is 0.455. The van der Waals surface area contributed by atoms with E-state index in [4.69, 9.17) is 37.9 Å². The highest BCUT2D eigenvalue weighted by molar-refractivity contribution is 5.91. The molecule has 13 atom stereocenters. The predicted molar refractivity (Wildman–Crippen MR) is 201 cm³/mol. The molecule has 2 aliphatic heterocycles. The summed E-state index contributed by atoms with van der Waals surface area (Å²) in [7, 11) is 1.35. The number of ether oxygens (including phenoxy) is 8. The van der Waals surface area contributed by atoms with Crippen molar-refractivity contribution in [3.05, 3.63) is 63.8 Å². The number of fused-ring (bicyclic) bond motifs is 5. The largest absolute Gasteiger partial charge is 0.465 e. The fourth-order valence-corrected chi connectivity index (χ4v) is 9.64. The van der Waals surface area contributed by atoms with E-state index in [9.17, 15) is 48.6 Å². The Morgan fingerprint density at radius 2 is 1.51 bits per heavy atom. The van der Waals surface area contributed by atoms with E-state index in [0.29, 0.717) is 0 Å². The van der Waals surface area contributed by atoms with Gasteiger partial charge in [-0.1, -0.05) is 13.8 Å². The second kappa shape index (κ2) is 15.9. The minimum Gasteiger partial charge on any atom is -0.465 e. The maximum absolute atomic E-state index is 14.5. The van der Waals surface area contributed by atoms with E-state index in [-0.39, 0.29) is 16.8 Å². The number of esters is 7. The minimum atomic E-state index is -2.89. The normalized spacial score (nSPS) is 36.5. The molecule has 4 heterocycles. The molecule has 2 saturated carbocycles. The number of aryl methyl sites for hydroxylation is 1. The van der Waals surface area contributed by atoms with Crippen LogP contribution in [0.3, 0.4) is 0 Å². The third-order valence-electron chi connectivity index (χ3n) is 12.4. The molecule has 2 aromatic rings. The summed E-state index contributed by atoms with van der Waals surface area (Å²) in [6.07, 6.45) is -10.2. The van der Waals surface area contributed by atoms with E-state index in [2.05, 4.69) is 4.98 Å². The topological polar surface area (TPSA) is 269 Å². The lowest BCUT2D eigenvalue weighted by Crippen LogP contribution is -2.89. The van der Waals surface area contributed by atoms with Gasteiger partial charge in [-0.2, -0.15) is 0 Å². The van der Waals surface area contributed by atoms with Crippen molar-refractivity contribution in [1.82, 2.24) is 9.55 Å². The van der Waals surface area contributed by atoms with Crippen molar-refractivity contribution in [3.63, 3.8) is 0 Å². The van der Waals surface area contributed by atoms with Crippen LogP contribution in [0.25, 0.3) is 0 Å². The molecule has 0 radical (unpaired) electrons. The van der Waals surface area contributed by atoms with Crippen molar-refractivity contribution in [2.75, 3.05) is 13.2 Å². The lowest BCUT2D eigenvalue weighted by Gasteiger charge is -2.67. The third-order valence-corrected chi connectivity index (χ3v) is 12.4. The molecule has 6 rings (SSSR count). The van der Waals surface area contributed by atoms with Crippen LogP contribution in [0.2, 0.25) is 0 Å². The quantitative estimate of drug-likeness (QED) is 0.283. The van der Waals surface area contributed by atoms with Gasteiger partial charge in [0.05, 0.1) is 28.7 Å². The Labute approximate surface area is 348 Å². The molecule has 1 spiro atoms. The molecule has 20 nitrogen and oxygen atoms in total. The second-order valence-corrected chi connectivity index (χ2v) is 16.4.